The smallest absolute Gasteiger partial charge is 0.354 e. The predicted molar refractivity (Wildman–Crippen MR) is 164 cm³/mol. The molecule has 0 N–H and O–H groups in total. The van der Waals surface area contributed by atoms with E-state index in [1.54, 1.807) is 19.9 Å². The van der Waals surface area contributed by atoms with Crippen molar-refractivity contribution in [1.82, 2.24) is 9.97 Å². The number of oxazole rings is 2. The molecule has 10 heteroatoms. The topological polar surface area (TPSA) is 106 Å². The van der Waals surface area contributed by atoms with Crippen LogP contribution in [0.15, 0.2) is 99.6 Å². The van der Waals surface area contributed by atoms with Crippen LogP contribution in [0.1, 0.15) is 36.8 Å². The van der Waals surface area contributed by atoms with Gasteiger partial charge in [-0.25, -0.2) is 9.97 Å². The minimum absolute atomic E-state index is 0.0910. The molecule has 222 valence electrons. The van der Waals surface area contributed by atoms with Gasteiger partial charge in [-0.1, -0.05) is 36.4 Å². The second-order valence-corrected chi connectivity index (χ2v) is 11.2. The Kier molecular flexibility index (Phi) is 9.89. The fraction of sp³-hybridized carbons (Fsp3) is 0.212. The molecule has 3 aromatic carbocycles. The van der Waals surface area contributed by atoms with Crippen LogP contribution in [0.2, 0.25) is 0 Å². The fourth-order valence-electron chi connectivity index (χ4n) is 4.15. The first-order chi connectivity index (χ1) is 21.0. The van der Waals surface area contributed by atoms with Gasteiger partial charge in [0.25, 0.3) is 0 Å². The lowest BCUT2D eigenvalue weighted by Gasteiger charge is -2.12. The van der Waals surface area contributed by atoms with Crippen molar-refractivity contribution in [3.63, 3.8) is 0 Å². The maximum absolute atomic E-state index is 13.0. The number of ether oxygens (including phenoxy) is 2. The summed E-state index contributed by atoms with van der Waals surface area (Å²) in [5.74, 6) is 4.84. The minimum Gasteiger partial charge on any atom is -0.487 e. The molecule has 0 aliphatic rings. The largest absolute Gasteiger partial charge is 0.487 e. The van der Waals surface area contributed by atoms with E-state index in [0.717, 1.165) is 16.8 Å². The molecule has 0 amide bonds. The van der Waals surface area contributed by atoms with E-state index in [2.05, 4.69) is 9.97 Å². The Hall–Kier alpha value is -4.43. The van der Waals surface area contributed by atoms with Gasteiger partial charge >= 0.3 is 7.60 Å². The molecule has 5 aromatic rings. The lowest BCUT2D eigenvalue weighted by molar-refractivity contribution is 0.229. The highest BCUT2D eigenvalue weighted by molar-refractivity contribution is 7.57. The van der Waals surface area contributed by atoms with E-state index >= 15 is 0 Å². The van der Waals surface area contributed by atoms with Crippen molar-refractivity contribution in [2.45, 2.75) is 34.0 Å². The lowest BCUT2D eigenvalue weighted by atomic mass is 10.2. The molecule has 0 atom stereocenters. The molecule has 0 aliphatic carbocycles. The summed E-state index contributed by atoms with van der Waals surface area (Å²) in [6.45, 7) is 6.25. The molecule has 0 saturated heterocycles. The van der Waals surface area contributed by atoms with E-state index < -0.39 is 7.60 Å². The molecule has 2 heterocycles. The molecular formula is C33H33N2O7P. The fourth-order valence-corrected chi connectivity index (χ4v) is 5.44. The first-order valence-corrected chi connectivity index (χ1v) is 15.6. The first-order valence-electron chi connectivity index (χ1n) is 14.0. The summed E-state index contributed by atoms with van der Waals surface area (Å²) in [6.07, 6.45) is 1.59. The second-order valence-electron chi connectivity index (χ2n) is 9.32. The Balaban J connectivity index is 1.26. The highest BCUT2D eigenvalue weighted by atomic mass is 31.2. The normalized spacial score (nSPS) is 11.7. The van der Waals surface area contributed by atoms with Crippen molar-refractivity contribution in [2.24, 2.45) is 0 Å². The summed E-state index contributed by atoms with van der Waals surface area (Å²) < 4.78 is 47.6. The van der Waals surface area contributed by atoms with Crippen LogP contribution in [0.5, 0.6) is 11.5 Å². The molecular weight excluding hydrogens is 567 g/mol. The predicted octanol–water partition coefficient (Wildman–Crippen LogP) is 8.70. The first kappa shape index (κ1) is 30.0. The van der Waals surface area contributed by atoms with E-state index in [0.29, 0.717) is 40.5 Å². The van der Waals surface area contributed by atoms with Gasteiger partial charge < -0.3 is 27.4 Å². The number of aromatic nitrogens is 2. The third-order valence-electron chi connectivity index (χ3n) is 6.26. The van der Waals surface area contributed by atoms with Crippen molar-refractivity contribution in [2.75, 3.05) is 13.2 Å². The molecule has 9 nitrogen and oxygen atoms in total. The van der Waals surface area contributed by atoms with Gasteiger partial charge in [-0.05, 0) is 75.4 Å². The van der Waals surface area contributed by atoms with Crippen LogP contribution >= 0.6 is 7.60 Å². The van der Waals surface area contributed by atoms with Crippen LogP contribution in [0.4, 0.5) is 0 Å². The van der Waals surface area contributed by atoms with Crippen LogP contribution in [-0.4, -0.2) is 23.2 Å². The molecule has 0 saturated carbocycles. The number of rotatable bonds is 14. The third-order valence-corrected chi connectivity index (χ3v) is 8.01. The summed E-state index contributed by atoms with van der Waals surface area (Å²) >= 11 is 0. The summed E-state index contributed by atoms with van der Waals surface area (Å²) in [5.41, 5.74) is 2.92. The Morgan fingerprint density at radius 3 is 1.81 bits per heavy atom. The van der Waals surface area contributed by atoms with E-state index in [4.69, 9.17) is 27.4 Å². The molecule has 0 fully saturated rings. The molecule has 0 spiro atoms. The highest BCUT2D eigenvalue weighted by Gasteiger charge is 2.21. The van der Waals surface area contributed by atoms with Gasteiger partial charge in [0.05, 0.1) is 13.2 Å². The lowest BCUT2D eigenvalue weighted by Crippen LogP contribution is -1.99. The molecule has 5 rings (SSSR count). The SMILES string of the molecule is CCOP(=O)(C=Cc1nc(-c2ccccc2)oc1COc1ccc(OCc2nc(-c3ccccc3)oc2C)cc1)OCC. The Labute approximate surface area is 250 Å². The van der Waals surface area contributed by atoms with Crippen LogP contribution in [0.3, 0.4) is 0 Å². The Morgan fingerprint density at radius 1 is 0.721 bits per heavy atom. The molecule has 2 aromatic heterocycles. The average molecular weight is 601 g/mol. The van der Waals surface area contributed by atoms with Gasteiger partial charge in [-0.15, -0.1) is 0 Å². The van der Waals surface area contributed by atoms with Gasteiger partial charge in [0.1, 0.15) is 41.9 Å². The molecule has 43 heavy (non-hydrogen) atoms. The second kappa shape index (κ2) is 14.2. The maximum Gasteiger partial charge on any atom is 0.354 e. The summed E-state index contributed by atoms with van der Waals surface area (Å²) in [6, 6.07) is 26.5. The van der Waals surface area contributed by atoms with Crippen molar-refractivity contribution >= 4 is 13.7 Å². The van der Waals surface area contributed by atoms with E-state index in [-0.39, 0.29) is 26.4 Å². The monoisotopic (exact) mass is 600 g/mol. The molecule has 0 aliphatic heterocycles. The van der Waals surface area contributed by atoms with Gasteiger partial charge in [0, 0.05) is 16.9 Å². The van der Waals surface area contributed by atoms with Crippen molar-refractivity contribution in [1.29, 1.82) is 0 Å². The standard InChI is InChI=1S/C33H33N2O7P/c1-4-39-43(36,40-5-2)21-20-29-31(42-33(34-29)26-14-10-7-11-15-26)23-38-28-18-16-27(17-19-28)37-22-30-24(3)41-32(35-30)25-12-8-6-9-13-25/h6-21H,4-5,22-23H2,1-3H3. The van der Waals surface area contributed by atoms with Gasteiger partial charge in [0.15, 0.2) is 5.76 Å². The zero-order chi connectivity index (χ0) is 30.1. The van der Waals surface area contributed by atoms with Crippen LogP contribution < -0.4 is 9.47 Å². The van der Waals surface area contributed by atoms with E-state index in [9.17, 15) is 4.57 Å². The Morgan fingerprint density at radius 2 is 1.26 bits per heavy atom. The zero-order valence-electron chi connectivity index (χ0n) is 24.3. The zero-order valence-corrected chi connectivity index (χ0v) is 25.2. The van der Waals surface area contributed by atoms with Crippen LogP contribution in [-0.2, 0) is 26.8 Å². The number of hydrogen-bond acceptors (Lipinski definition) is 9. The van der Waals surface area contributed by atoms with Crippen molar-refractivity contribution in [3.8, 4) is 34.4 Å². The van der Waals surface area contributed by atoms with E-state index in [1.807, 2.05) is 91.9 Å². The highest BCUT2D eigenvalue weighted by Crippen LogP contribution is 2.50. The minimum atomic E-state index is -3.42. The summed E-state index contributed by atoms with van der Waals surface area (Å²) in [5, 5.41) is 0. The van der Waals surface area contributed by atoms with Crippen molar-refractivity contribution < 1.29 is 31.9 Å². The summed E-state index contributed by atoms with van der Waals surface area (Å²) in [7, 11) is -3.42. The average Bonchev–Trinajstić information content (AvgIpc) is 3.62. The number of aryl methyl sites for hydroxylation is 1. The quantitative estimate of drug-likeness (QED) is 0.116. The van der Waals surface area contributed by atoms with Crippen molar-refractivity contribution in [3.05, 3.63) is 114 Å². The van der Waals surface area contributed by atoms with E-state index in [1.165, 1.54) is 5.82 Å². The molecule has 0 unspecified atom stereocenters. The Bertz CT molecular complexity index is 1670. The van der Waals surface area contributed by atoms with Gasteiger partial charge in [0.2, 0.25) is 11.8 Å². The van der Waals surface area contributed by atoms with Crippen LogP contribution in [0.25, 0.3) is 29.0 Å². The van der Waals surface area contributed by atoms with Gasteiger partial charge in [-0.3, -0.25) is 4.57 Å². The van der Waals surface area contributed by atoms with Crippen LogP contribution in [0, 0.1) is 6.92 Å². The maximum atomic E-state index is 13.0. The summed E-state index contributed by atoms with van der Waals surface area (Å²) in [4.78, 5) is 9.20. The third kappa shape index (κ3) is 7.90. The number of hydrogen-bond donors (Lipinski definition) is 0. The molecule has 0 bridgehead atoms. The molecule has 0 radical (unpaired) electrons. The number of benzene rings is 3. The number of nitrogens with zero attached hydrogens (tertiary/aromatic N) is 2. The van der Waals surface area contributed by atoms with Gasteiger partial charge in [-0.2, -0.15) is 0 Å².